The van der Waals surface area contributed by atoms with Crippen LogP contribution < -0.4 is 4.74 Å². The van der Waals surface area contributed by atoms with Crippen molar-refractivity contribution in [3.8, 4) is 17.0 Å². The second-order valence-electron chi connectivity index (χ2n) is 11.6. The molecule has 1 saturated carbocycles. The van der Waals surface area contributed by atoms with E-state index in [2.05, 4.69) is 61.5 Å². The van der Waals surface area contributed by atoms with E-state index in [0.29, 0.717) is 0 Å². The van der Waals surface area contributed by atoms with E-state index in [4.69, 9.17) is 9.72 Å². The van der Waals surface area contributed by atoms with Gasteiger partial charge in [-0.05, 0) is 61.1 Å². The average Bonchev–Trinajstić information content (AvgIpc) is 3.48. The van der Waals surface area contributed by atoms with Gasteiger partial charge in [0.2, 0.25) is 0 Å². The second kappa shape index (κ2) is 16.6. The highest BCUT2D eigenvalue weighted by Gasteiger charge is 2.13. The summed E-state index contributed by atoms with van der Waals surface area (Å²) >= 11 is 0. The number of unbranched alkanes of at least 4 members (excludes halogenated alkanes) is 10. The summed E-state index contributed by atoms with van der Waals surface area (Å²) in [5.74, 6) is 2.01. The summed E-state index contributed by atoms with van der Waals surface area (Å²) in [7, 11) is 0. The molecule has 206 valence electrons. The molecule has 0 N–H and O–H groups in total. The van der Waals surface area contributed by atoms with Crippen molar-refractivity contribution in [2.75, 3.05) is 6.61 Å². The molecule has 0 radical (unpaired) electrons. The van der Waals surface area contributed by atoms with Crippen LogP contribution >= 0.6 is 0 Å². The van der Waals surface area contributed by atoms with Crippen molar-refractivity contribution in [2.45, 2.75) is 122 Å². The Kier molecular flexibility index (Phi) is 12.5. The van der Waals surface area contributed by atoms with Crippen molar-refractivity contribution < 1.29 is 4.74 Å². The molecule has 1 heterocycles. The summed E-state index contributed by atoms with van der Waals surface area (Å²) in [5, 5.41) is 1.24. The second-order valence-corrected chi connectivity index (χ2v) is 11.6. The number of fused-ring (bicyclic) bond motifs is 1. The number of pyridine rings is 1. The van der Waals surface area contributed by atoms with E-state index in [1.165, 1.54) is 119 Å². The number of benzene rings is 2. The van der Waals surface area contributed by atoms with Gasteiger partial charge in [-0.1, -0.05) is 128 Å². The molecule has 2 heteroatoms. The average molecular weight is 514 g/mol. The smallest absolute Gasteiger partial charge is 0.119 e. The standard InChI is InChI=1S/C36H51NO/c1-2-3-4-5-6-9-12-20-32-21-16-22-33-25-28-35(37-36(32)33)31-23-26-34(27-24-31)38-29-15-10-7-8-11-17-30-18-13-14-19-30/h16,21-28,30H,2-15,17-20,29H2,1H3. The molecule has 0 aliphatic heterocycles. The van der Waals surface area contributed by atoms with Gasteiger partial charge in [0.1, 0.15) is 5.75 Å². The van der Waals surface area contributed by atoms with Crippen molar-refractivity contribution in [3.05, 3.63) is 60.2 Å². The van der Waals surface area contributed by atoms with Crippen molar-refractivity contribution in [1.29, 1.82) is 0 Å². The van der Waals surface area contributed by atoms with Gasteiger partial charge in [-0.2, -0.15) is 0 Å². The third kappa shape index (κ3) is 9.44. The van der Waals surface area contributed by atoms with E-state index in [0.717, 1.165) is 42.4 Å². The highest BCUT2D eigenvalue weighted by molar-refractivity contribution is 5.84. The number of rotatable bonds is 18. The van der Waals surface area contributed by atoms with Crippen LogP contribution in [-0.4, -0.2) is 11.6 Å². The van der Waals surface area contributed by atoms with Crippen molar-refractivity contribution >= 4 is 10.9 Å². The Bertz CT molecular complexity index is 1050. The van der Waals surface area contributed by atoms with Crippen molar-refractivity contribution in [1.82, 2.24) is 4.98 Å². The van der Waals surface area contributed by atoms with Crippen molar-refractivity contribution in [3.63, 3.8) is 0 Å². The number of hydrogen-bond acceptors (Lipinski definition) is 2. The number of para-hydroxylation sites is 1. The molecule has 0 saturated heterocycles. The Morgan fingerprint density at radius 3 is 2.21 bits per heavy atom. The van der Waals surface area contributed by atoms with E-state index in [1.807, 2.05) is 0 Å². The molecule has 0 unspecified atom stereocenters. The molecule has 1 aliphatic rings. The molecule has 38 heavy (non-hydrogen) atoms. The Hall–Kier alpha value is -2.35. The van der Waals surface area contributed by atoms with Crippen molar-refractivity contribution in [2.24, 2.45) is 5.92 Å². The van der Waals surface area contributed by atoms with Gasteiger partial charge in [-0.3, -0.25) is 0 Å². The Morgan fingerprint density at radius 1 is 0.711 bits per heavy atom. The Balaban J connectivity index is 1.19. The summed E-state index contributed by atoms with van der Waals surface area (Å²) in [6, 6.07) is 19.5. The zero-order valence-electron chi connectivity index (χ0n) is 24.1. The van der Waals surface area contributed by atoms with Crippen LogP contribution in [0.2, 0.25) is 0 Å². The predicted molar refractivity (Wildman–Crippen MR) is 164 cm³/mol. The van der Waals surface area contributed by atoms with E-state index in [-0.39, 0.29) is 0 Å². The van der Waals surface area contributed by atoms with Gasteiger partial charge in [0.25, 0.3) is 0 Å². The molecule has 0 spiro atoms. The van der Waals surface area contributed by atoms with Crippen LogP contribution in [0, 0.1) is 5.92 Å². The highest BCUT2D eigenvalue weighted by atomic mass is 16.5. The lowest BCUT2D eigenvalue weighted by molar-refractivity contribution is 0.304. The van der Waals surface area contributed by atoms with E-state index < -0.39 is 0 Å². The number of aromatic nitrogens is 1. The van der Waals surface area contributed by atoms with E-state index >= 15 is 0 Å². The summed E-state index contributed by atoms with van der Waals surface area (Å²) in [4.78, 5) is 5.11. The first-order valence-electron chi connectivity index (χ1n) is 16.0. The zero-order chi connectivity index (χ0) is 26.3. The van der Waals surface area contributed by atoms with Crippen LogP contribution in [0.1, 0.15) is 122 Å². The van der Waals surface area contributed by atoms with Gasteiger partial charge in [-0.15, -0.1) is 0 Å². The lowest BCUT2D eigenvalue weighted by Crippen LogP contribution is -1.98. The number of hydrogen-bond donors (Lipinski definition) is 0. The fourth-order valence-electron chi connectivity index (χ4n) is 6.12. The quantitative estimate of drug-likeness (QED) is 0.158. The van der Waals surface area contributed by atoms with E-state index in [9.17, 15) is 0 Å². The highest BCUT2D eigenvalue weighted by Crippen LogP contribution is 2.29. The van der Waals surface area contributed by atoms with Gasteiger partial charge in [0.15, 0.2) is 0 Å². The number of aryl methyl sites for hydroxylation is 1. The molecule has 2 aromatic carbocycles. The van der Waals surface area contributed by atoms with Crippen LogP contribution in [0.3, 0.4) is 0 Å². The molecule has 0 amide bonds. The summed E-state index contributed by atoms with van der Waals surface area (Å²) in [6.07, 6.45) is 24.5. The monoisotopic (exact) mass is 513 g/mol. The molecular weight excluding hydrogens is 462 g/mol. The van der Waals surface area contributed by atoms with Gasteiger partial charge in [-0.25, -0.2) is 4.98 Å². The number of nitrogens with zero attached hydrogens (tertiary/aromatic N) is 1. The fourth-order valence-corrected chi connectivity index (χ4v) is 6.12. The predicted octanol–water partition coefficient (Wildman–Crippen LogP) is 11.1. The lowest BCUT2D eigenvalue weighted by atomic mass is 9.99. The van der Waals surface area contributed by atoms with Crippen LogP contribution in [0.15, 0.2) is 54.6 Å². The van der Waals surface area contributed by atoms with Crippen LogP contribution in [0.25, 0.3) is 22.2 Å². The van der Waals surface area contributed by atoms with Gasteiger partial charge in [0.05, 0.1) is 17.8 Å². The maximum atomic E-state index is 6.04. The summed E-state index contributed by atoms with van der Waals surface area (Å²) < 4.78 is 6.04. The Labute approximate surface area is 232 Å². The third-order valence-corrected chi connectivity index (χ3v) is 8.50. The minimum Gasteiger partial charge on any atom is -0.494 e. The number of ether oxygens (including phenoxy) is 1. The van der Waals surface area contributed by atoms with Gasteiger partial charge < -0.3 is 4.74 Å². The van der Waals surface area contributed by atoms with E-state index in [1.54, 1.807) is 0 Å². The largest absolute Gasteiger partial charge is 0.494 e. The first-order chi connectivity index (χ1) is 18.8. The lowest BCUT2D eigenvalue weighted by Gasteiger charge is -2.10. The fraction of sp³-hybridized carbons (Fsp3) is 0.583. The van der Waals surface area contributed by atoms with Crippen LogP contribution in [0.5, 0.6) is 5.75 Å². The first kappa shape index (κ1) is 28.7. The molecule has 1 aromatic heterocycles. The molecule has 1 fully saturated rings. The van der Waals surface area contributed by atoms with Gasteiger partial charge >= 0.3 is 0 Å². The summed E-state index contributed by atoms with van der Waals surface area (Å²) in [5.41, 5.74) is 4.76. The van der Waals surface area contributed by atoms with Crippen LogP contribution in [0.4, 0.5) is 0 Å². The topological polar surface area (TPSA) is 22.1 Å². The molecule has 1 aliphatic carbocycles. The van der Waals surface area contributed by atoms with Crippen LogP contribution in [-0.2, 0) is 6.42 Å². The first-order valence-corrected chi connectivity index (χ1v) is 16.0. The Morgan fingerprint density at radius 2 is 1.42 bits per heavy atom. The molecular formula is C36H51NO. The maximum absolute atomic E-state index is 6.04. The third-order valence-electron chi connectivity index (χ3n) is 8.50. The normalized spacial score (nSPS) is 13.9. The maximum Gasteiger partial charge on any atom is 0.119 e. The minimum atomic E-state index is 0.818. The molecule has 0 atom stereocenters. The molecule has 2 nitrogen and oxygen atoms in total. The molecule has 0 bridgehead atoms. The van der Waals surface area contributed by atoms with Gasteiger partial charge in [0, 0.05) is 10.9 Å². The minimum absolute atomic E-state index is 0.818. The SMILES string of the molecule is CCCCCCCCCc1cccc2ccc(-c3ccc(OCCCCCCCC4CCCC4)cc3)nc12. The molecule has 4 rings (SSSR count). The molecule has 3 aromatic rings. The zero-order valence-corrected chi connectivity index (χ0v) is 24.1. The summed E-state index contributed by atoms with van der Waals surface area (Å²) in [6.45, 7) is 3.10.